The van der Waals surface area contributed by atoms with Crippen LogP contribution in [-0.4, -0.2) is 5.91 Å². The minimum Gasteiger partial charge on any atom is -0.348 e. The number of amides is 1. The maximum atomic E-state index is 12.4. The van der Waals surface area contributed by atoms with Crippen molar-refractivity contribution in [3.63, 3.8) is 0 Å². The van der Waals surface area contributed by atoms with Gasteiger partial charge in [0.1, 0.15) is 6.04 Å². The Kier molecular flexibility index (Phi) is 5.52. The lowest BCUT2D eigenvalue weighted by Crippen LogP contribution is -2.36. The van der Waals surface area contributed by atoms with Crippen LogP contribution in [0, 0.1) is 0 Å². The number of carbonyl (C=O) groups excluding carboxylic acids is 1. The Bertz CT molecular complexity index is 554. The van der Waals surface area contributed by atoms with E-state index in [1.807, 2.05) is 60.7 Å². The average molecular weight is 282 g/mol. The van der Waals surface area contributed by atoms with Gasteiger partial charge in [0, 0.05) is 0 Å². The fourth-order valence-electron chi connectivity index (χ4n) is 2.37. The summed E-state index contributed by atoms with van der Waals surface area (Å²) in [5, 5.41) is 3.07. The van der Waals surface area contributed by atoms with Crippen LogP contribution in [0.25, 0.3) is 0 Å². The molecule has 2 atom stereocenters. The average Bonchev–Trinajstić information content (AvgIpc) is 2.55. The van der Waals surface area contributed by atoms with E-state index in [1.54, 1.807) is 0 Å². The van der Waals surface area contributed by atoms with E-state index in [1.165, 1.54) is 0 Å². The maximum Gasteiger partial charge on any atom is 0.241 e. The topological polar surface area (TPSA) is 55.1 Å². The van der Waals surface area contributed by atoms with Crippen LogP contribution in [-0.2, 0) is 4.79 Å². The smallest absolute Gasteiger partial charge is 0.241 e. The first-order valence-corrected chi connectivity index (χ1v) is 7.38. The molecule has 0 bridgehead atoms. The summed E-state index contributed by atoms with van der Waals surface area (Å²) in [5.41, 5.74) is 8.00. The first kappa shape index (κ1) is 15.3. The van der Waals surface area contributed by atoms with E-state index in [0.717, 1.165) is 24.0 Å². The second-order valence-electron chi connectivity index (χ2n) is 5.15. The lowest BCUT2D eigenvalue weighted by molar-refractivity contribution is -0.123. The molecule has 0 aliphatic rings. The van der Waals surface area contributed by atoms with Crippen LogP contribution in [0.1, 0.15) is 43.0 Å². The molecule has 0 saturated carbocycles. The summed E-state index contributed by atoms with van der Waals surface area (Å²) in [5.74, 6) is -0.136. The Morgan fingerprint density at radius 2 is 1.52 bits per heavy atom. The highest BCUT2D eigenvalue weighted by Gasteiger charge is 2.19. The Hall–Kier alpha value is -2.13. The molecule has 0 saturated heterocycles. The van der Waals surface area contributed by atoms with E-state index in [9.17, 15) is 4.79 Å². The maximum absolute atomic E-state index is 12.4. The van der Waals surface area contributed by atoms with Crippen LogP contribution >= 0.6 is 0 Å². The molecule has 0 aliphatic heterocycles. The summed E-state index contributed by atoms with van der Waals surface area (Å²) < 4.78 is 0. The monoisotopic (exact) mass is 282 g/mol. The zero-order valence-electron chi connectivity index (χ0n) is 12.3. The molecule has 2 rings (SSSR count). The van der Waals surface area contributed by atoms with Gasteiger partial charge >= 0.3 is 0 Å². The molecule has 1 amide bonds. The molecule has 3 N–H and O–H groups in total. The van der Waals surface area contributed by atoms with Crippen LogP contribution in [0.15, 0.2) is 60.7 Å². The second-order valence-corrected chi connectivity index (χ2v) is 5.15. The minimum absolute atomic E-state index is 0.0125. The van der Waals surface area contributed by atoms with Gasteiger partial charge in [0.25, 0.3) is 0 Å². The second kappa shape index (κ2) is 7.60. The molecule has 0 aliphatic carbocycles. The van der Waals surface area contributed by atoms with E-state index < -0.39 is 6.04 Å². The number of rotatable bonds is 6. The molecule has 0 aromatic heterocycles. The Balaban J connectivity index is 2.08. The lowest BCUT2D eigenvalue weighted by atomic mass is 10.0. The van der Waals surface area contributed by atoms with Crippen LogP contribution in [0.2, 0.25) is 0 Å². The highest BCUT2D eigenvalue weighted by Crippen LogP contribution is 2.19. The molecule has 0 fully saturated rings. The van der Waals surface area contributed by atoms with Gasteiger partial charge in [0.2, 0.25) is 5.91 Å². The number of nitrogens with one attached hydrogen (secondary N) is 1. The summed E-state index contributed by atoms with van der Waals surface area (Å²) >= 11 is 0. The Morgan fingerprint density at radius 3 is 2.05 bits per heavy atom. The first-order chi connectivity index (χ1) is 10.2. The van der Waals surface area contributed by atoms with Gasteiger partial charge in [0.15, 0.2) is 0 Å². The summed E-state index contributed by atoms with van der Waals surface area (Å²) in [7, 11) is 0. The summed E-state index contributed by atoms with van der Waals surface area (Å²) in [6.07, 6.45) is 1.90. The van der Waals surface area contributed by atoms with E-state index >= 15 is 0 Å². The van der Waals surface area contributed by atoms with Gasteiger partial charge in [-0.2, -0.15) is 0 Å². The van der Waals surface area contributed by atoms with Crippen molar-refractivity contribution in [3.05, 3.63) is 71.8 Å². The predicted molar refractivity (Wildman–Crippen MR) is 85.6 cm³/mol. The van der Waals surface area contributed by atoms with Gasteiger partial charge < -0.3 is 11.1 Å². The SMILES string of the molecule is CCCC(NC(=O)[C@@H](N)c1ccccc1)c1ccccc1. The molecule has 2 aromatic rings. The quantitative estimate of drug-likeness (QED) is 0.853. The van der Waals surface area contributed by atoms with E-state index in [0.29, 0.717) is 0 Å². The Morgan fingerprint density at radius 1 is 1.00 bits per heavy atom. The zero-order chi connectivity index (χ0) is 15.1. The number of hydrogen-bond donors (Lipinski definition) is 2. The highest BCUT2D eigenvalue weighted by molar-refractivity contribution is 5.83. The van der Waals surface area contributed by atoms with Crippen LogP contribution in [0.5, 0.6) is 0 Å². The van der Waals surface area contributed by atoms with E-state index in [-0.39, 0.29) is 11.9 Å². The minimum atomic E-state index is -0.630. The van der Waals surface area contributed by atoms with Crippen molar-refractivity contribution < 1.29 is 4.79 Å². The van der Waals surface area contributed by atoms with Gasteiger partial charge in [-0.15, -0.1) is 0 Å². The van der Waals surface area contributed by atoms with Gasteiger partial charge in [-0.05, 0) is 17.5 Å². The van der Waals surface area contributed by atoms with E-state index in [4.69, 9.17) is 5.73 Å². The van der Waals surface area contributed by atoms with Gasteiger partial charge in [0.05, 0.1) is 6.04 Å². The predicted octanol–water partition coefficient (Wildman–Crippen LogP) is 3.34. The van der Waals surface area contributed by atoms with Crippen molar-refractivity contribution in [1.82, 2.24) is 5.32 Å². The molecule has 0 radical (unpaired) electrons. The summed E-state index contributed by atoms with van der Waals surface area (Å²) in [4.78, 5) is 12.4. The third kappa shape index (κ3) is 4.17. The van der Waals surface area contributed by atoms with E-state index in [2.05, 4.69) is 12.2 Å². The van der Waals surface area contributed by atoms with Crippen molar-refractivity contribution in [1.29, 1.82) is 0 Å². The van der Waals surface area contributed by atoms with Crippen LogP contribution in [0.4, 0.5) is 0 Å². The van der Waals surface area contributed by atoms with Crippen molar-refractivity contribution in [2.75, 3.05) is 0 Å². The summed E-state index contributed by atoms with van der Waals surface area (Å²) in [6, 6.07) is 18.9. The molecular formula is C18H22N2O. The van der Waals surface area contributed by atoms with Crippen LogP contribution < -0.4 is 11.1 Å². The molecule has 21 heavy (non-hydrogen) atoms. The number of benzene rings is 2. The van der Waals surface area contributed by atoms with Gasteiger partial charge in [-0.3, -0.25) is 4.79 Å². The molecule has 0 spiro atoms. The molecule has 110 valence electrons. The molecule has 3 heteroatoms. The largest absolute Gasteiger partial charge is 0.348 e. The fourth-order valence-corrected chi connectivity index (χ4v) is 2.37. The number of nitrogens with two attached hydrogens (primary N) is 1. The van der Waals surface area contributed by atoms with Crippen LogP contribution in [0.3, 0.4) is 0 Å². The highest BCUT2D eigenvalue weighted by atomic mass is 16.2. The molecule has 2 aromatic carbocycles. The molecule has 3 nitrogen and oxygen atoms in total. The first-order valence-electron chi connectivity index (χ1n) is 7.38. The number of hydrogen-bond acceptors (Lipinski definition) is 2. The zero-order valence-corrected chi connectivity index (χ0v) is 12.3. The van der Waals surface area contributed by atoms with Crippen molar-refractivity contribution in [2.24, 2.45) is 5.73 Å². The third-order valence-corrected chi connectivity index (χ3v) is 3.54. The molecule has 0 heterocycles. The fraction of sp³-hybridized carbons (Fsp3) is 0.278. The molecule has 1 unspecified atom stereocenters. The standard InChI is InChI=1S/C18H22N2O/c1-2-9-16(14-10-5-3-6-11-14)20-18(21)17(19)15-12-7-4-8-13-15/h3-8,10-13,16-17H,2,9,19H2,1H3,(H,20,21)/t16?,17-/m0/s1. The van der Waals surface area contributed by atoms with Gasteiger partial charge in [-0.25, -0.2) is 0 Å². The number of carbonyl (C=O) groups is 1. The normalized spacial score (nSPS) is 13.4. The molecular weight excluding hydrogens is 260 g/mol. The van der Waals surface area contributed by atoms with Crippen molar-refractivity contribution in [2.45, 2.75) is 31.8 Å². The third-order valence-electron chi connectivity index (χ3n) is 3.54. The lowest BCUT2D eigenvalue weighted by Gasteiger charge is -2.21. The van der Waals surface area contributed by atoms with Crippen molar-refractivity contribution in [3.8, 4) is 0 Å². The Labute approximate surface area is 126 Å². The summed E-state index contributed by atoms with van der Waals surface area (Å²) in [6.45, 7) is 2.11. The van der Waals surface area contributed by atoms with Crippen molar-refractivity contribution >= 4 is 5.91 Å². The van der Waals surface area contributed by atoms with Gasteiger partial charge in [-0.1, -0.05) is 74.0 Å².